The van der Waals surface area contributed by atoms with E-state index in [9.17, 15) is 0 Å². The van der Waals surface area contributed by atoms with E-state index in [2.05, 4.69) is 58.7 Å². The molecule has 0 saturated carbocycles. The normalized spacial score (nSPS) is 30.2. The number of likely N-dealkylation sites (tertiary alicyclic amines) is 1. The molecule has 1 rings (SSSR count). The van der Waals surface area contributed by atoms with Crippen molar-refractivity contribution < 1.29 is 0 Å². The second kappa shape index (κ2) is 6.38. The van der Waals surface area contributed by atoms with Crippen molar-refractivity contribution in [2.75, 3.05) is 13.1 Å². The Morgan fingerprint density at radius 1 is 1.22 bits per heavy atom. The van der Waals surface area contributed by atoms with Gasteiger partial charge in [0.05, 0.1) is 0 Å². The Labute approximate surface area is 115 Å². The molecule has 1 N–H and O–H groups in total. The lowest BCUT2D eigenvalue weighted by atomic mass is 9.88. The summed E-state index contributed by atoms with van der Waals surface area (Å²) in [5.74, 6) is 1.56. The molecule has 0 radical (unpaired) electrons. The van der Waals surface area contributed by atoms with E-state index >= 15 is 0 Å². The summed E-state index contributed by atoms with van der Waals surface area (Å²) in [7, 11) is 0. The molecule has 18 heavy (non-hydrogen) atoms. The molecule has 0 aliphatic carbocycles. The SMILES string of the molecule is CC1CCCN(C(C)C(C)CNC(C)(C)C)C1C. The van der Waals surface area contributed by atoms with E-state index in [-0.39, 0.29) is 5.54 Å². The molecule has 0 aromatic heterocycles. The third kappa shape index (κ3) is 4.55. The minimum absolute atomic E-state index is 0.231. The van der Waals surface area contributed by atoms with Crippen LogP contribution in [0.4, 0.5) is 0 Å². The zero-order valence-corrected chi connectivity index (χ0v) is 13.6. The molecule has 1 aliphatic rings. The van der Waals surface area contributed by atoms with E-state index in [1.165, 1.54) is 19.4 Å². The first kappa shape index (κ1) is 16.0. The number of hydrogen-bond acceptors (Lipinski definition) is 2. The Morgan fingerprint density at radius 2 is 1.83 bits per heavy atom. The Balaban J connectivity index is 2.49. The summed E-state index contributed by atoms with van der Waals surface area (Å²) < 4.78 is 0. The highest BCUT2D eigenvalue weighted by Crippen LogP contribution is 2.27. The highest BCUT2D eigenvalue weighted by Gasteiger charge is 2.30. The molecule has 0 spiro atoms. The molecule has 2 nitrogen and oxygen atoms in total. The molecule has 0 aromatic rings. The predicted molar refractivity (Wildman–Crippen MR) is 80.9 cm³/mol. The van der Waals surface area contributed by atoms with E-state index in [0.717, 1.165) is 18.5 Å². The fourth-order valence-corrected chi connectivity index (χ4v) is 2.91. The van der Waals surface area contributed by atoms with Crippen LogP contribution in [0.3, 0.4) is 0 Å². The van der Waals surface area contributed by atoms with Crippen LogP contribution in [0.1, 0.15) is 61.3 Å². The van der Waals surface area contributed by atoms with Gasteiger partial charge in [-0.25, -0.2) is 0 Å². The standard InChI is InChI=1S/C16H34N2/c1-12-9-8-10-18(14(12)3)15(4)13(2)11-17-16(5,6)7/h12-15,17H,8-11H2,1-7H3. The highest BCUT2D eigenvalue weighted by atomic mass is 15.2. The van der Waals surface area contributed by atoms with Gasteiger partial charge in [-0.05, 0) is 72.4 Å². The fraction of sp³-hybridized carbons (Fsp3) is 1.00. The molecule has 1 heterocycles. The van der Waals surface area contributed by atoms with Gasteiger partial charge in [0, 0.05) is 17.6 Å². The number of piperidine rings is 1. The van der Waals surface area contributed by atoms with Crippen LogP contribution in [0.2, 0.25) is 0 Å². The molecule has 4 unspecified atom stereocenters. The summed E-state index contributed by atoms with van der Waals surface area (Å²) in [6.45, 7) is 18.7. The lowest BCUT2D eigenvalue weighted by Crippen LogP contribution is -2.51. The molecular formula is C16H34N2. The minimum atomic E-state index is 0.231. The van der Waals surface area contributed by atoms with E-state index in [1.54, 1.807) is 0 Å². The van der Waals surface area contributed by atoms with Crippen LogP contribution in [0.25, 0.3) is 0 Å². The average Bonchev–Trinajstić information content (AvgIpc) is 2.28. The number of hydrogen-bond donors (Lipinski definition) is 1. The molecule has 2 heteroatoms. The number of nitrogens with zero attached hydrogens (tertiary/aromatic N) is 1. The van der Waals surface area contributed by atoms with E-state index in [1.807, 2.05) is 0 Å². The lowest BCUT2D eigenvalue weighted by molar-refractivity contribution is 0.0507. The Morgan fingerprint density at radius 3 is 2.39 bits per heavy atom. The van der Waals surface area contributed by atoms with E-state index in [0.29, 0.717) is 12.0 Å². The van der Waals surface area contributed by atoms with Crippen LogP contribution in [-0.4, -0.2) is 35.6 Å². The smallest absolute Gasteiger partial charge is 0.0108 e. The summed E-state index contributed by atoms with van der Waals surface area (Å²) in [5, 5.41) is 3.64. The molecule has 108 valence electrons. The van der Waals surface area contributed by atoms with Crippen LogP contribution in [-0.2, 0) is 0 Å². The summed E-state index contributed by atoms with van der Waals surface area (Å²) >= 11 is 0. The van der Waals surface area contributed by atoms with E-state index < -0.39 is 0 Å². The quantitative estimate of drug-likeness (QED) is 0.826. The monoisotopic (exact) mass is 254 g/mol. The maximum absolute atomic E-state index is 3.64. The maximum atomic E-state index is 3.64. The van der Waals surface area contributed by atoms with Gasteiger partial charge in [0.15, 0.2) is 0 Å². The van der Waals surface area contributed by atoms with Crippen LogP contribution in [0, 0.1) is 11.8 Å². The second-order valence-corrected chi connectivity index (χ2v) is 7.45. The summed E-state index contributed by atoms with van der Waals surface area (Å²) in [4.78, 5) is 2.73. The molecule has 1 saturated heterocycles. The molecule has 0 bridgehead atoms. The minimum Gasteiger partial charge on any atom is -0.312 e. The lowest BCUT2D eigenvalue weighted by Gasteiger charge is -2.44. The molecule has 0 amide bonds. The molecule has 0 aromatic carbocycles. The number of nitrogens with one attached hydrogen (secondary N) is 1. The van der Waals surface area contributed by atoms with Gasteiger partial charge in [-0.15, -0.1) is 0 Å². The first-order valence-electron chi connectivity index (χ1n) is 7.73. The summed E-state index contributed by atoms with van der Waals surface area (Å²) in [5.41, 5.74) is 0.231. The van der Waals surface area contributed by atoms with Gasteiger partial charge in [-0.3, -0.25) is 4.90 Å². The summed E-state index contributed by atoms with van der Waals surface area (Å²) in [6, 6.07) is 1.42. The highest BCUT2D eigenvalue weighted by molar-refractivity contribution is 4.85. The van der Waals surface area contributed by atoms with Crippen molar-refractivity contribution in [3.8, 4) is 0 Å². The fourth-order valence-electron chi connectivity index (χ4n) is 2.91. The Bertz CT molecular complexity index is 244. The van der Waals surface area contributed by atoms with Crippen molar-refractivity contribution in [1.82, 2.24) is 10.2 Å². The summed E-state index contributed by atoms with van der Waals surface area (Å²) in [6.07, 6.45) is 2.77. The zero-order valence-electron chi connectivity index (χ0n) is 13.6. The topological polar surface area (TPSA) is 15.3 Å². The first-order chi connectivity index (χ1) is 8.22. The van der Waals surface area contributed by atoms with Crippen LogP contribution < -0.4 is 5.32 Å². The van der Waals surface area contributed by atoms with Gasteiger partial charge >= 0.3 is 0 Å². The van der Waals surface area contributed by atoms with Gasteiger partial charge in [-0.1, -0.05) is 13.8 Å². The zero-order chi connectivity index (χ0) is 13.9. The van der Waals surface area contributed by atoms with Gasteiger partial charge in [0.1, 0.15) is 0 Å². The van der Waals surface area contributed by atoms with Crippen LogP contribution >= 0.6 is 0 Å². The van der Waals surface area contributed by atoms with Crippen LogP contribution in [0.15, 0.2) is 0 Å². The van der Waals surface area contributed by atoms with Crippen molar-refractivity contribution in [3.05, 3.63) is 0 Å². The Kier molecular flexibility index (Phi) is 5.67. The van der Waals surface area contributed by atoms with Gasteiger partial charge in [0.2, 0.25) is 0 Å². The first-order valence-corrected chi connectivity index (χ1v) is 7.73. The van der Waals surface area contributed by atoms with Crippen molar-refractivity contribution in [3.63, 3.8) is 0 Å². The predicted octanol–water partition coefficient (Wildman–Crippen LogP) is 3.52. The van der Waals surface area contributed by atoms with Crippen LogP contribution in [0.5, 0.6) is 0 Å². The van der Waals surface area contributed by atoms with Crippen molar-refractivity contribution >= 4 is 0 Å². The molecular weight excluding hydrogens is 220 g/mol. The largest absolute Gasteiger partial charge is 0.312 e. The van der Waals surface area contributed by atoms with Gasteiger partial charge in [-0.2, -0.15) is 0 Å². The second-order valence-electron chi connectivity index (χ2n) is 7.45. The third-order valence-corrected chi connectivity index (χ3v) is 4.72. The van der Waals surface area contributed by atoms with Gasteiger partial charge < -0.3 is 5.32 Å². The van der Waals surface area contributed by atoms with E-state index in [4.69, 9.17) is 0 Å². The average molecular weight is 254 g/mol. The van der Waals surface area contributed by atoms with Crippen molar-refractivity contribution in [2.45, 2.75) is 78.9 Å². The Hall–Kier alpha value is -0.0800. The molecule has 1 aliphatic heterocycles. The molecule has 4 atom stereocenters. The van der Waals surface area contributed by atoms with Crippen molar-refractivity contribution in [1.29, 1.82) is 0 Å². The van der Waals surface area contributed by atoms with Crippen molar-refractivity contribution in [2.24, 2.45) is 11.8 Å². The molecule has 1 fully saturated rings. The number of rotatable bonds is 4. The maximum Gasteiger partial charge on any atom is 0.0108 e. The third-order valence-electron chi connectivity index (χ3n) is 4.72. The van der Waals surface area contributed by atoms with Gasteiger partial charge in [0.25, 0.3) is 0 Å².